The zero-order chi connectivity index (χ0) is 21.7. The van der Waals surface area contributed by atoms with Crippen molar-refractivity contribution in [1.29, 1.82) is 0 Å². The summed E-state index contributed by atoms with van der Waals surface area (Å²) in [6.45, 7) is 1.39. The zero-order valence-corrected chi connectivity index (χ0v) is 16.8. The first-order valence-electron chi connectivity index (χ1n) is 9.20. The number of imide groups is 1. The van der Waals surface area contributed by atoms with Crippen LogP contribution in [0.5, 0.6) is 5.75 Å². The lowest BCUT2D eigenvalue weighted by Gasteiger charge is -2.15. The fourth-order valence-electron chi connectivity index (χ4n) is 2.81. The van der Waals surface area contributed by atoms with E-state index in [-0.39, 0.29) is 5.56 Å². The van der Waals surface area contributed by atoms with Crippen LogP contribution in [0.1, 0.15) is 17.3 Å². The molecule has 0 saturated carbocycles. The normalized spacial score (nSPS) is 11.4. The van der Waals surface area contributed by atoms with Gasteiger partial charge in [-0.25, -0.2) is 14.6 Å². The fourth-order valence-corrected chi connectivity index (χ4v) is 2.81. The van der Waals surface area contributed by atoms with Crippen LogP contribution < -0.4 is 15.4 Å². The van der Waals surface area contributed by atoms with E-state index in [1.807, 2.05) is 30.3 Å². The van der Waals surface area contributed by atoms with Crippen LogP contribution in [-0.4, -0.2) is 43.2 Å². The molecule has 0 aliphatic heterocycles. The van der Waals surface area contributed by atoms with Crippen LogP contribution in [0.25, 0.3) is 22.2 Å². The van der Waals surface area contributed by atoms with Crippen LogP contribution in [0, 0.1) is 0 Å². The average Bonchev–Trinajstić information content (AvgIpc) is 2.78. The van der Waals surface area contributed by atoms with Gasteiger partial charge in [-0.2, -0.15) is 0 Å². The van der Waals surface area contributed by atoms with Crippen molar-refractivity contribution in [2.24, 2.45) is 0 Å². The number of nitrogens with zero attached hydrogens (tertiary/aromatic N) is 1. The van der Waals surface area contributed by atoms with E-state index in [1.54, 1.807) is 24.3 Å². The predicted molar refractivity (Wildman–Crippen MR) is 111 cm³/mol. The maximum atomic E-state index is 12.9. The second kappa shape index (κ2) is 9.04. The Kier molecular flexibility index (Phi) is 6.26. The van der Waals surface area contributed by atoms with Gasteiger partial charge in [0.15, 0.2) is 6.10 Å². The molecule has 8 heteroatoms. The molecule has 1 aromatic heterocycles. The van der Waals surface area contributed by atoms with Gasteiger partial charge >= 0.3 is 12.0 Å². The monoisotopic (exact) mass is 407 g/mol. The number of fused-ring (bicyclic) bond motifs is 1. The van der Waals surface area contributed by atoms with Crippen LogP contribution in [-0.2, 0) is 9.53 Å². The number of hydrogen-bond donors (Lipinski definition) is 2. The van der Waals surface area contributed by atoms with E-state index in [0.29, 0.717) is 22.3 Å². The molecule has 3 rings (SSSR count). The highest BCUT2D eigenvalue weighted by Crippen LogP contribution is 2.28. The van der Waals surface area contributed by atoms with Crippen LogP contribution in [0.3, 0.4) is 0 Å². The number of urea groups is 1. The molecule has 30 heavy (non-hydrogen) atoms. The number of methoxy groups -OCH3 is 1. The molecule has 0 saturated heterocycles. The third-order valence-corrected chi connectivity index (χ3v) is 4.42. The molecule has 8 nitrogen and oxygen atoms in total. The standard InChI is InChI=1S/C22H21N3O5/c1-13(20(26)25-22(28)23-2)30-21(27)17-12-19(14-7-5-4-6-8-14)24-18-10-9-15(29-3)11-16(17)18/h4-13H,1-3H3,(H2,23,25,26,28)/t13-/m1/s1. The number of ether oxygens (including phenoxy) is 2. The van der Waals surface area contributed by atoms with Crippen LogP contribution in [0.4, 0.5) is 4.79 Å². The van der Waals surface area contributed by atoms with Crippen molar-refractivity contribution >= 4 is 28.8 Å². The van der Waals surface area contributed by atoms with Gasteiger partial charge in [0.25, 0.3) is 5.91 Å². The molecule has 1 heterocycles. The number of rotatable bonds is 5. The number of nitrogens with one attached hydrogen (secondary N) is 2. The highest BCUT2D eigenvalue weighted by Gasteiger charge is 2.23. The van der Waals surface area contributed by atoms with E-state index in [4.69, 9.17) is 9.47 Å². The van der Waals surface area contributed by atoms with Crippen molar-refractivity contribution < 1.29 is 23.9 Å². The third-order valence-electron chi connectivity index (χ3n) is 4.42. The minimum Gasteiger partial charge on any atom is -0.497 e. The highest BCUT2D eigenvalue weighted by atomic mass is 16.5. The molecule has 0 radical (unpaired) electrons. The molecule has 154 valence electrons. The molecule has 0 aliphatic carbocycles. The first-order chi connectivity index (χ1) is 14.4. The first kappa shape index (κ1) is 20.8. The van der Waals surface area contributed by atoms with Gasteiger partial charge in [0, 0.05) is 18.0 Å². The topological polar surface area (TPSA) is 107 Å². The summed E-state index contributed by atoms with van der Waals surface area (Å²) in [6.07, 6.45) is -1.18. The first-order valence-corrected chi connectivity index (χ1v) is 9.20. The molecule has 2 N–H and O–H groups in total. The van der Waals surface area contributed by atoms with E-state index in [1.165, 1.54) is 21.1 Å². The molecule has 1 atom stereocenters. The van der Waals surface area contributed by atoms with Gasteiger partial charge in [-0.05, 0) is 31.2 Å². The summed E-state index contributed by atoms with van der Waals surface area (Å²) in [5, 5.41) is 4.87. The lowest BCUT2D eigenvalue weighted by atomic mass is 10.0. The number of hydrogen-bond acceptors (Lipinski definition) is 6. The molecule has 0 spiro atoms. The van der Waals surface area contributed by atoms with Crippen molar-refractivity contribution in [3.8, 4) is 17.0 Å². The largest absolute Gasteiger partial charge is 0.497 e. The number of carbonyl (C=O) groups is 3. The lowest BCUT2D eigenvalue weighted by molar-refractivity contribution is -0.127. The molecule has 0 bridgehead atoms. The van der Waals surface area contributed by atoms with E-state index in [2.05, 4.69) is 15.6 Å². The van der Waals surface area contributed by atoms with E-state index in [0.717, 1.165) is 5.56 Å². The summed E-state index contributed by atoms with van der Waals surface area (Å²) in [7, 11) is 2.90. The molecule has 0 fully saturated rings. The second-order valence-corrected chi connectivity index (χ2v) is 6.42. The molecule has 0 aliphatic rings. The Morgan fingerprint density at radius 3 is 2.43 bits per heavy atom. The van der Waals surface area contributed by atoms with E-state index >= 15 is 0 Å². The summed E-state index contributed by atoms with van der Waals surface area (Å²) in [5.74, 6) is -0.898. The van der Waals surface area contributed by atoms with Crippen LogP contribution in [0.15, 0.2) is 54.6 Å². The molecule has 3 aromatic rings. The van der Waals surface area contributed by atoms with Crippen molar-refractivity contribution in [2.75, 3.05) is 14.2 Å². The van der Waals surface area contributed by atoms with Gasteiger partial charge in [-0.3, -0.25) is 10.1 Å². The summed E-state index contributed by atoms with van der Waals surface area (Å²) < 4.78 is 10.6. The van der Waals surface area contributed by atoms with Gasteiger partial charge in [-0.15, -0.1) is 0 Å². The number of aromatic nitrogens is 1. The maximum Gasteiger partial charge on any atom is 0.339 e. The number of carbonyl (C=O) groups excluding carboxylic acids is 3. The Bertz CT molecular complexity index is 1100. The van der Waals surface area contributed by atoms with Gasteiger partial charge in [0.2, 0.25) is 0 Å². The Morgan fingerprint density at radius 2 is 1.77 bits per heavy atom. The average molecular weight is 407 g/mol. The number of esters is 1. The fraction of sp³-hybridized carbons (Fsp3) is 0.182. The summed E-state index contributed by atoms with van der Waals surface area (Å²) in [5.41, 5.74) is 2.22. The minimum absolute atomic E-state index is 0.234. The maximum absolute atomic E-state index is 12.9. The highest BCUT2D eigenvalue weighted by molar-refractivity contribution is 6.06. The second-order valence-electron chi connectivity index (χ2n) is 6.42. The van der Waals surface area contributed by atoms with Crippen molar-refractivity contribution in [2.45, 2.75) is 13.0 Å². The van der Waals surface area contributed by atoms with Gasteiger partial charge in [-0.1, -0.05) is 30.3 Å². The molecule has 0 unspecified atom stereocenters. The third kappa shape index (κ3) is 4.54. The molecule has 3 amide bonds. The van der Waals surface area contributed by atoms with E-state index < -0.39 is 24.0 Å². The number of pyridine rings is 1. The van der Waals surface area contributed by atoms with Gasteiger partial charge in [0.05, 0.1) is 23.9 Å². The SMILES string of the molecule is CNC(=O)NC(=O)[C@@H](C)OC(=O)c1cc(-c2ccccc2)nc2ccc(OC)cc12. The Balaban J connectivity index is 2.00. The predicted octanol–water partition coefficient (Wildman–Crippen LogP) is 2.91. The van der Waals surface area contributed by atoms with Crippen LogP contribution >= 0.6 is 0 Å². The van der Waals surface area contributed by atoms with Gasteiger partial charge < -0.3 is 14.8 Å². The Labute approximate surface area is 173 Å². The van der Waals surface area contributed by atoms with Crippen molar-refractivity contribution in [3.63, 3.8) is 0 Å². The number of benzene rings is 2. The summed E-state index contributed by atoms with van der Waals surface area (Å²) in [4.78, 5) is 40.9. The van der Waals surface area contributed by atoms with E-state index in [9.17, 15) is 14.4 Å². The summed E-state index contributed by atoms with van der Waals surface area (Å²) in [6, 6.07) is 15.5. The number of amides is 3. The Morgan fingerprint density at radius 1 is 1.03 bits per heavy atom. The molecular weight excluding hydrogens is 386 g/mol. The Hall–Kier alpha value is -3.94. The molecule has 2 aromatic carbocycles. The van der Waals surface area contributed by atoms with Gasteiger partial charge in [0.1, 0.15) is 5.75 Å². The quantitative estimate of drug-likeness (QED) is 0.630. The van der Waals surface area contributed by atoms with Crippen molar-refractivity contribution in [3.05, 3.63) is 60.2 Å². The minimum atomic E-state index is -1.18. The van der Waals surface area contributed by atoms with Crippen LogP contribution in [0.2, 0.25) is 0 Å². The summed E-state index contributed by atoms with van der Waals surface area (Å²) >= 11 is 0. The van der Waals surface area contributed by atoms with Crippen molar-refractivity contribution in [1.82, 2.24) is 15.6 Å². The zero-order valence-electron chi connectivity index (χ0n) is 16.8. The smallest absolute Gasteiger partial charge is 0.339 e. The molecular formula is C22H21N3O5. The lowest BCUT2D eigenvalue weighted by Crippen LogP contribution is -2.43.